The van der Waals surface area contributed by atoms with E-state index in [9.17, 15) is 9.59 Å². The SMILES string of the molecule is CCC(C)(C)C(=O)OCCCNC(=O)S. The van der Waals surface area contributed by atoms with Crippen LogP contribution in [0.3, 0.4) is 0 Å². The maximum absolute atomic E-state index is 11.5. The molecule has 1 N–H and O–H groups in total. The third-order valence-electron chi connectivity index (χ3n) is 2.27. The van der Waals surface area contributed by atoms with E-state index in [0.29, 0.717) is 19.6 Å². The third-order valence-corrected chi connectivity index (χ3v) is 2.43. The number of amides is 1. The van der Waals surface area contributed by atoms with Gasteiger partial charge < -0.3 is 10.1 Å². The fraction of sp³-hybridized carbons (Fsp3) is 0.800. The summed E-state index contributed by atoms with van der Waals surface area (Å²) < 4.78 is 5.06. The second kappa shape index (κ2) is 6.71. The standard InChI is InChI=1S/C10H19NO3S/c1-4-10(2,3)8(12)14-7-5-6-11-9(13)15/h4-7H2,1-3H3,(H2,11,13,15). The normalized spacial score (nSPS) is 10.9. The van der Waals surface area contributed by atoms with E-state index in [2.05, 4.69) is 17.9 Å². The Kier molecular flexibility index (Phi) is 6.40. The van der Waals surface area contributed by atoms with Gasteiger partial charge in [-0.3, -0.25) is 9.59 Å². The van der Waals surface area contributed by atoms with E-state index in [1.54, 1.807) is 0 Å². The molecule has 0 rings (SSSR count). The van der Waals surface area contributed by atoms with Gasteiger partial charge in [-0.25, -0.2) is 0 Å². The Morgan fingerprint density at radius 2 is 2.00 bits per heavy atom. The monoisotopic (exact) mass is 233 g/mol. The summed E-state index contributed by atoms with van der Waals surface area (Å²) in [6.07, 6.45) is 1.36. The van der Waals surface area contributed by atoms with Gasteiger partial charge in [0, 0.05) is 6.54 Å². The van der Waals surface area contributed by atoms with Crippen molar-refractivity contribution in [2.75, 3.05) is 13.2 Å². The number of rotatable bonds is 6. The van der Waals surface area contributed by atoms with Crippen molar-refractivity contribution in [1.29, 1.82) is 0 Å². The first-order valence-corrected chi connectivity index (χ1v) is 5.49. The minimum atomic E-state index is -0.424. The topological polar surface area (TPSA) is 55.4 Å². The molecule has 88 valence electrons. The molecule has 0 bridgehead atoms. The summed E-state index contributed by atoms with van der Waals surface area (Å²) in [6.45, 7) is 6.45. The Hall–Kier alpha value is -0.710. The Balaban J connectivity index is 3.60. The molecule has 0 spiro atoms. The van der Waals surface area contributed by atoms with Crippen LogP contribution >= 0.6 is 12.6 Å². The maximum Gasteiger partial charge on any atom is 0.311 e. The van der Waals surface area contributed by atoms with E-state index in [0.717, 1.165) is 6.42 Å². The van der Waals surface area contributed by atoms with Crippen LogP contribution in [-0.4, -0.2) is 24.4 Å². The van der Waals surface area contributed by atoms with Crippen LogP contribution in [0.15, 0.2) is 0 Å². The molecule has 0 unspecified atom stereocenters. The summed E-state index contributed by atoms with van der Waals surface area (Å²) >= 11 is 3.54. The number of thiol groups is 1. The minimum Gasteiger partial charge on any atom is -0.465 e. The zero-order valence-corrected chi connectivity index (χ0v) is 10.4. The van der Waals surface area contributed by atoms with Gasteiger partial charge in [-0.05, 0) is 26.7 Å². The van der Waals surface area contributed by atoms with Crippen molar-refractivity contribution in [3.63, 3.8) is 0 Å². The summed E-state index contributed by atoms with van der Waals surface area (Å²) in [5.41, 5.74) is -0.424. The minimum absolute atomic E-state index is 0.192. The number of hydrogen-bond donors (Lipinski definition) is 2. The van der Waals surface area contributed by atoms with Crippen LogP contribution in [0.4, 0.5) is 4.79 Å². The van der Waals surface area contributed by atoms with Crippen LogP contribution in [0.1, 0.15) is 33.6 Å². The second-order valence-corrected chi connectivity index (χ2v) is 4.37. The highest BCUT2D eigenvalue weighted by Gasteiger charge is 2.26. The molecule has 0 aromatic heterocycles. The van der Waals surface area contributed by atoms with Crippen LogP contribution < -0.4 is 5.32 Å². The Morgan fingerprint density at radius 1 is 1.40 bits per heavy atom. The average Bonchev–Trinajstić information content (AvgIpc) is 2.16. The zero-order chi connectivity index (χ0) is 11.9. The van der Waals surface area contributed by atoms with Crippen molar-refractivity contribution in [3.8, 4) is 0 Å². The lowest BCUT2D eigenvalue weighted by Crippen LogP contribution is -2.27. The van der Waals surface area contributed by atoms with Crippen molar-refractivity contribution in [3.05, 3.63) is 0 Å². The van der Waals surface area contributed by atoms with E-state index < -0.39 is 5.41 Å². The molecular formula is C10H19NO3S. The third kappa shape index (κ3) is 6.38. The molecule has 0 aliphatic heterocycles. The quantitative estimate of drug-likeness (QED) is 0.419. The summed E-state index contributed by atoms with van der Waals surface area (Å²) in [6, 6.07) is 0. The van der Waals surface area contributed by atoms with Crippen molar-refractivity contribution < 1.29 is 14.3 Å². The molecule has 0 aliphatic carbocycles. The molecule has 0 saturated heterocycles. The summed E-state index contributed by atoms with van der Waals surface area (Å²) in [5.74, 6) is -0.192. The van der Waals surface area contributed by atoms with Gasteiger partial charge in [0.25, 0.3) is 5.24 Å². The molecule has 0 aromatic rings. The van der Waals surface area contributed by atoms with Crippen molar-refractivity contribution >= 4 is 23.8 Å². The average molecular weight is 233 g/mol. The first-order valence-electron chi connectivity index (χ1n) is 5.04. The van der Waals surface area contributed by atoms with Crippen molar-refractivity contribution in [1.82, 2.24) is 5.32 Å². The van der Waals surface area contributed by atoms with Crippen LogP contribution in [0.5, 0.6) is 0 Å². The maximum atomic E-state index is 11.5. The second-order valence-electron chi connectivity index (χ2n) is 3.96. The number of carbonyl (C=O) groups excluding carboxylic acids is 2. The van der Waals surface area contributed by atoms with Crippen LogP contribution in [0, 0.1) is 5.41 Å². The smallest absolute Gasteiger partial charge is 0.311 e. The molecule has 0 fully saturated rings. The molecule has 0 atom stereocenters. The molecule has 0 aliphatic rings. The largest absolute Gasteiger partial charge is 0.465 e. The predicted octanol–water partition coefficient (Wildman–Crippen LogP) is 2.00. The first-order chi connectivity index (χ1) is 6.90. The molecule has 0 aromatic carbocycles. The lowest BCUT2D eigenvalue weighted by atomic mass is 9.91. The first kappa shape index (κ1) is 14.3. The molecular weight excluding hydrogens is 214 g/mol. The van der Waals surface area contributed by atoms with Gasteiger partial charge in [0.05, 0.1) is 12.0 Å². The van der Waals surface area contributed by atoms with E-state index in [-0.39, 0.29) is 11.2 Å². The molecule has 1 amide bonds. The number of nitrogens with one attached hydrogen (secondary N) is 1. The lowest BCUT2D eigenvalue weighted by Gasteiger charge is -2.20. The van der Waals surface area contributed by atoms with Gasteiger partial charge >= 0.3 is 5.97 Å². The van der Waals surface area contributed by atoms with Gasteiger partial charge in [-0.1, -0.05) is 19.6 Å². The summed E-state index contributed by atoms with van der Waals surface area (Å²) in [7, 11) is 0. The Morgan fingerprint density at radius 3 is 2.47 bits per heavy atom. The zero-order valence-electron chi connectivity index (χ0n) is 9.50. The van der Waals surface area contributed by atoms with Gasteiger partial charge in [0.15, 0.2) is 0 Å². The van der Waals surface area contributed by atoms with Crippen molar-refractivity contribution in [2.24, 2.45) is 5.41 Å². The van der Waals surface area contributed by atoms with Gasteiger partial charge in [-0.2, -0.15) is 0 Å². The van der Waals surface area contributed by atoms with E-state index >= 15 is 0 Å². The van der Waals surface area contributed by atoms with Crippen molar-refractivity contribution in [2.45, 2.75) is 33.6 Å². The number of esters is 1. The molecule has 0 saturated carbocycles. The highest BCUT2D eigenvalue weighted by atomic mass is 32.1. The van der Waals surface area contributed by atoms with E-state index in [1.165, 1.54) is 0 Å². The van der Waals surface area contributed by atoms with Crippen LogP contribution in [-0.2, 0) is 9.53 Å². The fourth-order valence-corrected chi connectivity index (χ4v) is 0.884. The fourth-order valence-electron chi connectivity index (χ4n) is 0.772. The number of hydrogen-bond acceptors (Lipinski definition) is 3. The summed E-state index contributed by atoms with van der Waals surface area (Å²) in [4.78, 5) is 21.9. The molecule has 15 heavy (non-hydrogen) atoms. The van der Waals surface area contributed by atoms with Gasteiger partial charge in [-0.15, -0.1) is 0 Å². The number of carbonyl (C=O) groups is 2. The molecule has 4 nitrogen and oxygen atoms in total. The van der Waals surface area contributed by atoms with E-state index in [1.807, 2.05) is 20.8 Å². The highest BCUT2D eigenvalue weighted by molar-refractivity contribution is 7.96. The Bertz CT molecular complexity index is 229. The molecule has 0 heterocycles. The van der Waals surface area contributed by atoms with E-state index in [4.69, 9.17) is 4.74 Å². The van der Waals surface area contributed by atoms with Gasteiger partial charge in [0.2, 0.25) is 0 Å². The Labute approximate surface area is 96.2 Å². The lowest BCUT2D eigenvalue weighted by molar-refractivity contribution is -0.154. The molecule has 0 radical (unpaired) electrons. The number of ether oxygens (including phenoxy) is 1. The summed E-state index contributed by atoms with van der Waals surface area (Å²) in [5, 5.41) is 2.14. The predicted molar refractivity (Wildman–Crippen MR) is 62.0 cm³/mol. The molecule has 5 heteroatoms. The van der Waals surface area contributed by atoms with Crippen LogP contribution in [0.25, 0.3) is 0 Å². The highest BCUT2D eigenvalue weighted by Crippen LogP contribution is 2.21. The van der Waals surface area contributed by atoms with Crippen LogP contribution in [0.2, 0.25) is 0 Å². The van der Waals surface area contributed by atoms with Gasteiger partial charge in [0.1, 0.15) is 0 Å².